The second-order valence-electron chi connectivity index (χ2n) is 6.18. The zero-order valence-corrected chi connectivity index (χ0v) is 16.7. The Morgan fingerprint density at radius 1 is 1.07 bits per heavy atom. The predicted octanol–water partition coefficient (Wildman–Crippen LogP) is 4.82. The molecule has 0 spiro atoms. The largest absolute Gasteiger partial charge is 0.424 e. The first-order valence-corrected chi connectivity index (χ1v) is 9.05. The van der Waals surface area contributed by atoms with E-state index in [1.165, 1.54) is 19.1 Å². The molecule has 0 unspecified atom stereocenters. The lowest BCUT2D eigenvalue weighted by Crippen LogP contribution is -2.05. The number of pyridine rings is 1. The van der Waals surface area contributed by atoms with E-state index in [1.54, 1.807) is 30.3 Å². The van der Waals surface area contributed by atoms with E-state index in [1.807, 2.05) is 6.07 Å². The van der Waals surface area contributed by atoms with Gasteiger partial charge in [0.2, 0.25) is 5.75 Å². The van der Waals surface area contributed by atoms with E-state index >= 15 is 0 Å². The monoisotopic (exact) mass is 426 g/mol. The first kappa shape index (κ1) is 20.9. The summed E-state index contributed by atoms with van der Waals surface area (Å²) < 4.78 is 10.2. The Hall–Kier alpha value is -3.78. The van der Waals surface area contributed by atoms with Crippen LogP contribution in [0.1, 0.15) is 25.1 Å². The Labute approximate surface area is 175 Å². The van der Waals surface area contributed by atoms with Gasteiger partial charge in [-0.3, -0.25) is 19.7 Å². The molecular formula is C21H15ClN2O6. The highest BCUT2D eigenvalue weighted by Crippen LogP contribution is 2.36. The molecule has 0 aliphatic carbocycles. The number of nitro groups is 1. The van der Waals surface area contributed by atoms with Crippen LogP contribution in [0.4, 0.5) is 5.69 Å². The highest BCUT2D eigenvalue weighted by molar-refractivity contribution is 6.31. The van der Waals surface area contributed by atoms with Crippen LogP contribution < -0.4 is 9.47 Å². The third-order valence-corrected chi connectivity index (χ3v) is 4.12. The van der Waals surface area contributed by atoms with Crippen molar-refractivity contribution in [2.45, 2.75) is 13.8 Å². The number of carbonyl (C=O) groups is 2. The van der Waals surface area contributed by atoms with E-state index in [0.29, 0.717) is 17.0 Å². The van der Waals surface area contributed by atoms with Crippen LogP contribution in [0.2, 0.25) is 5.02 Å². The van der Waals surface area contributed by atoms with Crippen molar-refractivity contribution in [2.24, 2.45) is 0 Å². The van der Waals surface area contributed by atoms with Gasteiger partial charge in [-0.05, 0) is 30.4 Å². The topological polar surface area (TPSA) is 109 Å². The molecule has 0 bridgehead atoms. The number of fused-ring (bicyclic) bond motifs is 1. The molecule has 0 aliphatic heterocycles. The standard InChI is InChI=1S/C21H15ClN2O6/c1-12(25)29-19-5-3-4-14-6-8-17(23-20(14)19)9-7-15-10-16(22)11-18(24(27)28)21(15)30-13(2)26/h3-11H,1-2H3. The van der Waals surface area contributed by atoms with Crippen molar-refractivity contribution in [2.75, 3.05) is 0 Å². The van der Waals surface area contributed by atoms with Crippen LogP contribution in [-0.4, -0.2) is 21.8 Å². The maximum atomic E-state index is 11.4. The third kappa shape index (κ3) is 4.79. The molecule has 3 rings (SSSR count). The van der Waals surface area contributed by atoms with Crippen LogP contribution in [0.15, 0.2) is 42.5 Å². The molecule has 0 N–H and O–H groups in total. The van der Waals surface area contributed by atoms with Crippen molar-refractivity contribution < 1.29 is 24.0 Å². The molecule has 8 nitrogen and oxygen atoms in total. The number of carbonyl (C=O) groups excluding carboxylic acids is 2. The van der Waals surface area contributed by atoms with Gasteiger partial charge in [-0.1, -0.05) is 29.8 Å². The number of benzene rings is 2. The summed E-state index contributed by atoms with van der Waals surface area (Å²) in [6, 6.07) is 11.3. The summed E-state index contributed by atoms with van der Waals surface area (Å²) >= 11 is 5.99. The van der Waals surface area contributed by atoms with Gasteiger partial charge < -0.3 is 9.47 Å². The summed E-state index contributed by atoms with van der Waals surface area (Å²) in [6.07, 6.45) is 3.08. The fourth-order valence-electron chi connectivity index (χ4n) is 2.75. The molecule has 9 heteroatoms. The minimum absolute atomic E-state index is 0.112. The first-order chi connectivity index (χ1) is 14.2. The van der Waals surface area contributed by atoms with Gasteiger partial charge in [-0.25, -0.2) is 4.98 Å². The second kappa shape index (κ2) is 8.71. The Morgan fingerprint density at radius 3 is 2.47 bits per heavy atom. The number of ether oxygens (including phenoxy) is 2. The average Bonchev–Trinajstić information content (AvgIpc) is 2.67. The Morgan fingerprint density at radius 2 is 1.80 bits per heavy atom. The van der Waals surface area contributed by atoms with Gasteiger partial charge in [0.15, 0.2) is 5.75 Å². The van der Waals surface area contributed by atoms with Crippen molar-refractivity contribution in [3.63, 3.8) is 0 Å². The zero-order chi connectivity index (χ0) is 21.8. The van der Waals surface area contributed by atoms with Gasteiger partial charge in [0, 0.05) is 35.9 Å². The fraction of sp³-hybridized carbons (Fsp3) is 0.0952. The van der Waals surface area contributed by atoms with Gasteiger partial charge in [-0.15, -0.1) is 0 Å². The lowest BCUT2D eigenvalue weighted by atomic mass is 10.1. The van der Waals surface area contributed by atoms with Crippen LogP contribution in [0.25, 0.3) is 23.1 Å². The van der Waals surface area contributed by atoms with Crippen molar-refractivity contribution in [1.29, 1.82) is 0 Å². The SMILES string of the molecule is CC(=O)Oc1c(C=Cc2ccc3cccc(OC(C)=O)c3n2)cc(Cl)cc1[N+](=O)[O-]. The van der Waals surface area contributed by atoms with Crippen LogP contribution >= 0.6 is 11.6 Å². The smallest absolute Gasteiger partial charge is 0.313 e. The van der Waals surface area contributed by atoms with Crippen LogP contribution in [0.3, 0.4) is 0 Å². The van der Waals surface area contributed by atoms with Crippen molar-refractivity contribution in [1.82, 2.24) is 4.98 Å². The molecule has 0 radical (unpaired) electrons. The molecule has 30 heavy (non-hydrogen) atoms. The summed E-state index contributed by atoms with van der Waals surface area (Å²) in [5, 5.41) is 12.2. The minimum Gasteiger partial charge on any atom is -0.424 e. The average molecular weight is 427 g/mol. The number of nitro benzene ring substituents is 1. The fourth-order valence-corrected chi connectivity index (χ4v) is 2.98. The first-order valence-electron chi connectivity index (χ1n) is 8.67. The molecule has 0 amide bonds. The van der Waals surface area contributed by atoms with Gasteiger partial charge in [0.1, 0.15) is 5.52 Å². The Balaban J connectivity index is 2.07. The molecule has 0 saturated heterocycles. The maximum absolute atomic E-state index is 11.4. The molecule has 1 heterocycles. The molecule has 0 saturated carbocycles. The Kier molecular flexibility index (Phi) is 6.08. The number of halogens is 1. The second-order valence-corrected chi connectivity index (χ2v) is 6.62. The summed E-state index contributed by atoms with van der Waals surface area (Å²) in [7, 11) is 0. The minimum atomic E-state index is -0.704. The maximum Gasteiger partial charge on any atom is 0.313 e. The molecule has 0 fully saturated rings. The molecule has 1 aromatic heterocycles. The van der Waals surface area contributed by atoms with Crippen molar-refractivity contribution >= 4 is 52.3 Å². The number of para-hydroxylation sites is 1. The van der Waals surface area contributed by atoms with E-state index in [0.717, 1.165) is 18.4 Å². The number of hydrogen-bond donors (Lipinski definition) is 0. The van der Waals surface area contributed by atoms with E-state index in [-0.39, 0.29) is 16.3 Å². The number of nitrogens with zero attached hydrogens (tertiary/aromatic N) is 2. The molecular weight excluding hydrogens is 412 g/mol. The number of hydrogen-bond acceptors (Lipinski definition) is 7. The lowest BCUT2D eigenvalue weighted by Gasteiger charge is -2.08. The van der Waals surface area contributed by atoms with E-state index < -0.39 is 22.5 Å². The zero-order valence-electron chi connectivity index (χ0n) is 15.9. The summed E-state index contributed by atoms with van der Waals surface area (Å²) in [5.74, 6) is -1.07. The highest BCUT2D eigenvalue weighted by Gasteiger charge is 2.21. The van der Waals surface area contributed by atoms with E-state index in [2.05, 4.69) is 4.98 Å². The van der Waals surface area contributed by atoms with Crippen LogP contribution in [0.5, 0.6) is 11.5 Å². The highest BCUT2D eigenvalue weighted by atomic mass is 35.5. The summed E-state index contributed by atoms with van der Waals surface area (Å²) in [4.78, 5) is 37.9. The number of aromatic nitrogens is 1. The quantitative estimate of drug-likeness (QED) is 0.249. The van der Waals surface area contributed by atoms with E-state index in [9.17, 15) is 19.7 Å². The Bertz CT molecular complexity index is 1210. The van der Waals surface area contributed by atoms with Gasteiger partial charge in [-0.2, -0.15) is 0 Å². The van der Waals surface area contributed by atoms with Gasteiger partial charge in [0.05, 0.1) is 10.6 Å². The normalized spacial score (nSPS) is 10.9. The van der Waals surface area contributed by atoms with Crippen LogP contribution in [0, 0.1) is 10.1 Å². The number of esters is 2. The molecule has 2 aromatic carbocycles. The van der Waals surface area contributed by atoms with E-state index in [4.69, 9.17) is 21.1 Å². The summed E-state index contributed by atoms with van der Waals surface area (Å²) in [6.45, 7) is 2.44. The molecule has 0 atom stereocenters. The molecule has 152 valence electrons. The summed E-state index contributed by atoms with van der Waals surface area (Å²) in [5.41, 5.74) is 0.770. The molecule has 3 aromatic rings. The van der Waals surface area contributed by atoms with Gasteiger partial charge >= 0.3 is 17.6 Å². The molecule has 0 aliphatic rings. The van der Waals surface area contributed by atoms with Gasteiger partial charge in [0.25, 0.3) is 0 Å². The van der Waals surface area contributed by atoms with Crippen molar-refractivity contribution in [3.05, 3.63) is 68.9 Å². The van der Waals surface area contributed by atoms with Crippen LogP contribution in [-0.2, 0) is 9.59 Å². The van der Waals surface area contributed by atoms with Crippen molar-refractivity contribution in [3.8, 4) is 11.5 Å². The number of rotatable bonds is 5. The third-order valence-electron chi connectivity index (χ3n) is 3.90. The predicted molar refractivity (Wildman–Crippen MR) is 111 cm³/mol. The lowest BCUT2D eigenvalue weighted by molar-refractivity contribution is -0.385.